The van der Waals surface area contributed by atoms with E-state index in [9.17, 15) is 0 Å². The van der Waals surface area contributed by atoms with Crippen molar-refractivity contribution >= 4 is 18.4 Å². The molecule has 0 saturated heterocycles. The molecular formula is C7H16ClN3O2. The Morgan fingerprint density at radius 2 is 2.15 bits per heavy atom. The van der Waals surface area contributed by atoms with Gasteiger partial charge in [-0.25, -0.2) is 0 Å². The minimum absolute atomic E-state index is 0. The van der Waals surface area contributed by atoms with Gasteiger partial charge in [-0.05, 0) is 6.42 Å². The summed E-state index contributed by atoms with van der Waals surface area (Å²) in [7, 11) is 3.22. The molecule has 0 saturated carbocycles. The molecule has 0 spiro atoms. The fourth-order valence-electron chi connectivity index (χ4n) is 1.26. The zero-order valence-corrected chi connectivity index (χ0v) is 8.63. The predicted molar refractivity (Wildman–Crippen MR) is 53.1 cm³/mol. The highest BCUT2D eigenvalue weighted by atomic mass is 35.5. The third-order valence-electron chi connectivity index (χ3n) is 1.85. The lowest BCUT2D eigenvalue weighted by Crippen LogP contribution is -2.50. The fourth-order valence-corrected chi connectivity index (χ4v) is 1.26. The van der Waals surface area contributed by atoms with Crippen LogP contribution in [0.2, 0.25) is 0 Å². The van der Waals surface area contributed by atoms with Crippen LogP contribution >= 0.6 is 12.4 Å². The number of rotatable bonds is 3. The van der Waals surface area contributed by atoms with Gasteiger partial charge in [0.2, 0.25) is 0 Å². The summed E-state index contributed by atoms with van der Waals surface area (Å²) in [4.78, 5) is 4.00. The molecule has 0 aromatic heterocycles. The molecule has 3 N–H and O–H groups in total. The van der Waals surface area contributed by atoms with Crippen LogP contribution in [0.3, 0.4) is 0 Å². The normalized spacial score (nSPS) is 21.8. The van der Waals surface area contributed by atoms with E-state index in [0.717, 1.165) is 13.0 Å². The second-order valence-electron chi connectivity index (χ2n) is 2.65. The molecule has 1 atom stereocenters. The standard InChI is InChI=1S/C7H15N3O2.ClH/c1-11-6(12-2)5-3-4-9-7(8)10-5;/h5-6H,3-4H2,1-2H3,(H3,8,9,10);1H. The number of nitrogens with one attached hydrogen (secondary N) is 1. The average molecular weight is 210 g/mol. The first-order valence-electron chi connectivity index (χ1n) is 3.90. The first kappa shape index (κ1) is 12.5. The number of nitrogens with two attached hydrogens (primary N) is 1. The molecular weight excluding hydrogens is 194 g/mol. The Bertz CT molecular complexity index is 173. The third-order valence-corrected chi connectivity index (χ3v) is 1.85. The minimum atomic E-state index is -0.251. The Hall–Kier alpha value is -0.520. The van der Waals surface area contributed by atoms with Gasteiger partial charge in [0.25, 0.3) is 0 Å². The first-order chi connectivity index (χ1) is 5.77. The Labute approximate surface area is 84.1 Å². The maximum atomic E-state index is 5.50. The van der Waals surface area contributed by atoms with Crippen molar-refractivity contribution in [1.29, 1.82) is 0 Å². The molecule has 6 heteroatoms. The maximum absolute atomic E-state index is 5.50. The molecule has 1 rings (SSSR count). The SMILES string of the molecule is COC(OC)C1CCN=C(N)N1.Cl. The molecule has 5 nitrogen and oxygen atoms in total. The van der Waals surface area contributed by atoms with E-state index in [4.69, 9.17) is 15.2 Å². The molecule has 0 radical (unpaired) electrons. The minimum Gasteiger partial charge on any atom is -0.370 e. The van der Waals surface area contributed by atoms with Crippen molar-refractivity contribution in [3.63, 3.8) is 0 Å². The van der Waals surface area contributed by atoms with Gasteiger partial charge in [0.15, 0.2) is 12.2 Å². The maximum Gasteiger partial charge on any atom is 0.188 e. The van der Waals surface area contributed by atoms with E-state index >= 15 is 0 Å². The average Bonchev–Trinajstić information content (AvgIpc) is 2.07. The van der Waals surface area contributed by atoms with Gasteiger partial charge in [0.05, 0.1) is 6.04 Å². The zero-order valence-electron chi connectivity index (χ0n) is 7.82. The number of hydrogen-bond donors (Lipinski definition) is 2. The molecule has 1 aliphatic heterocycles. The summed E-state index contributed by atoms with van der Waals surface area (Å²) in [5.41, 5.74) is 5.50. The van der Waals surface area contributed by atoms with Crippen LogP contribution in [0, 0.1) is 0 Å². The quantitative estimate of drug-likeness (QED) is 0.627. The smallest absolute Gasteiger partial charge is 0.188 e. The highest BCUT2D eigenvalue weighted by Gasteiger charge is 2.23. The predicted octanol–water partition coefficient (Wildman–Crippen LogP) is -0.296. The molecule has 1 heterocycles. The zero-order chi connectivity index (χ0) is 8.97. The number of guanidine groups is 1. The van der Waals surface area contributed by atoms with Crippen LogP contribution in [0.15, 0.2) is 4.99 Å². The summed E-state index contributed by atoms with van der Waals surface area (Å²) < 4.78 is 10.2. The lowest BCUT2D eigenvalue weighted by molar-refractivity contribution is -0.121. The number of ether oxygens (including phenoxy) is 2. The number of halogens is 1. The van der Waals surface area contributed by atoms with Crippen molar-refractivity contribution < 1.29 is 9.47 Å². The van der Waals surface area contributed by atoms with E-state index in [1.165, 1.54) is 0 Å². The number of nitrogens with zero attached hydrogens (tertiary/aromatic N) is 1. The Balaban J connectivity index is 0.00000144. The van der Waals surface area contributed by atoms with E-state index in [1.54, 1.807) is 14.2 Å². The van der Waals surface area contributed by atoms with Crippen molar-refractivity contribution in [3.8, 4) is 0 Å². The first-order valence-corrected chi connectivity index (χ1v) is 3.90. The summed E-state index contributed by atoms with van der Waals surface area (Å²) >= 11 is 0. The Morgan fingerprint density at radius 3 is 2.62 bits per heavy atom. The fraction of sp³-hybridized carbons (Fsp3) is 0.857. The van der Waals surface area contributed by atoms with Crippen LogP contribution in [0.5, 0.6) is 0 Å². The van der Waals surface area contributed by atoms with E-state index in [0.29, 0.717) is 5.96 Å². The van der Waals surface area contributed by atoms with Crippen molar-refractivity contribution in [2.24, 2.45) is 10.7 Å². The van der Waals surface area contributed by atoms with Gasteiger partial charge in [0.1, 0.15) is 0 Å². The Kier molecular flexibility index (Phi) is 5.77. The van der Waals surface area contributed by atoms with Gasteiger partial charge in [-0.1, -0.05) is 0 Å². The van der Waals surface area contributed by atoms with Crippen LogP contribution in [0.25, 0.3) is 0 Å². The van der Waals surface area contributed by atoms with Gasteiger partial charge >= 0.3 is 0 Å². The van der Waals surface area contributed by atoms with Crippen molar-refractivity contribution in [3.05, 3.63) is 0 Å². The highest BCUT2D eigenvalue weighted by Crippen LogP contribution is 2.06. The highest BCUT2D eigenvalue weighted by molar-refractivity contribution is 5.85. The van der Waals surface area contributed by atoms with Gasteiger partial charge < -0.3 is 20.5 Å². The molecule has 78 valence electrons. The second kappa shape index (κ2) is 6.01. The number of hydrogen-bond acceptors (Lipinski definition) is 5. The summed E-state index contributed by atoms with van der Waals surface area (Å²) in [6.45, 7) is 0.729. The van der Waals surface area contributed by atoms with E-state index in [-0.39, 0.29) is 24.7 Å². The van der Waals surface area contributed by atoms with Crippen LogP contribution in [0.4, 0.5) is 0 Å². The lowest BCUT2D eigenvalue weighted by Gasteiger charge is -2.28. The summed E-state index contributed by atoms with van der Waals surface area (Å²) in [5, 5.41) is 3.00. The second-order valence-corrected chi connectivity index (χ2v) is 2.65. The van der Waals surface area contributed by atoms with Crippen LogP contribution < -0.4 is 11.1 Å². The molecule has 13 heavy (non-hydrogen) atoms. The van der Waals surface area contributed by atoms with E-state index in [2.05, 4.69) is 10.3 Å². The summed E-state index contributed by atoms with van der Waals surface area (Å²) in [5.74, 6) is 0.463. The molecule has 0 aliphatic carbocycles. The van der Waals surface area contributed by atoms with E-state index in [1.807, 2.05) is 0 Å². The Morgan fingerprint density at radius 1 is 1.54 bits per heavy atom. The van der Waals surface area contributed by atoms with Crippen molar-refractivity contribution in [2.45, 2.75) is 18.8 Å². The van der Waals surface area contributed by atoms with Gasteiger partial charge in [-0.15, -0.1) is 12.4 Å². The molecule has 1 aliphatic rings. The summed E-state index contributed by atoms with van der Waals surface area (Å²) in [6.07, 6.45) is 0.631. The molecule has 0 aromatic rings. The van der Waals surface area contributed by atoms with Crippen LogP contribution in [-0.2, 0) is 9.47 Å². The van der Waals surface area contributed by atoms with Crippen molar-refractivity contribution in [2.75, 3.05) is 20.8 Å². The third kappa shape index (κ3) is 3.38. The van der Waals surface area contributed by atoms with Gasteiger partial charge in [0, 0.05) is 20.8 Å². The molecule has 0 fully saturated rings. The van der Waals surface area contributed by atoms with Crippen LogP contribution in [-0.4, -0.2) is 39.1 Å². The number of aliphatic imine (C=N–C) groups is 1. The molecule has 1 unspecified atom stereocenters. The number of methoxy groups -OCH3 is 2. The molecule has 0 bridgehead atoms. The van der Waals surface area contributed by atoms with Crippen LogP contribution in [0.1, 0.15) is 6.42 Å². The monoisotopic (exact) mass is 209 g/mol. The molecule has 0 amide bonds. The largest absolute Gasteiger partial charge is 0.370 e. The summed E-state index contributed by atoms with van der Waals surface area (Å²) in [6, 6.07) is 0.109. The molecule has 0 aromatic carbocycles. The van der Waals surface area contributed by atoms with Gasteiger partial charge in [-0.3, -0.25) is 4.99 Å². The van der Waals surface area contributed by atoms with Crippen molar-refractivity contribution in [1.82, 2.24) is 5.32 Å². The topological polar surface area (TPSA) is 68.9 Å². The van der Waals surface area contributed by atoms with E-state index < -0.39 is 0 Å². The lowest BCUT2D eigenvalue weighted by atomic mass is 10.2. The van der Waals surface area contributed by atoms with Gasteiger partial charge in [-0.2, -0.15) is 0 Å².